The Morgan fingerprint density at radius 1 is 1.25 bits per heavy atom. The van der Waals surface area contributed by atoms with Gasteiger partial charge in [-0.25, -0.2) is 4.98 Å². The lowest BCUT2D eigenvalue weighted by atomic mass is 10.2. The van der Waals surface area contributed by atoms with E-state index in [0.717, 1.165) is 18.3 Å². The van der Waals surface area contributed by atoms with E-state index < -0.39 is 0 Å². The number of nitrogens with zero attached hydrogens (tertiary/aromatic N) is 2. The fourth-order valence-electron chi connectivity index (χ4n) is 1.89. The van der Waals surface area contributed by atoms with Gasteiger partial charge in [0.25, 0.3) is 0 Å². The monoisotopic (exact) mass is 324 g/mol. The predicted molar refractivity (Wildman–Crippen MR) is 73.1 cm³/mol. The first-order valence-electron chi connectivity index (χ1n) is 5.60. The number of benzene rings is 1. The van der Waals surface area contributed by atoms with Gasteiger partial charge in [-0.3, -0.25) is 0 Å². The summed E-state index contributed by atoms with van der Waals surface area (Å²) in [6.07, 6.45) is 6.75. The van der Waals surface area contributed by atoms with Crippen molar-refractivity contribution in [2.45, 2.75) is 19.4 Å². The molecule has 0 unspecified atom stereocenters. The zero-order valence-corrected chi connectivity index (χ0v) is 11.1. The molecule has 1 aromatic carbocycles. The predicted octanol–water partition coefficient (Wildman–Crippen LogP) is 3.56. The third-order valence-electron chi connectivity index (χ3n) is 2.97. The first-order chi connectivity index (χ1) is 7.83. The Balaban J connectivity index is 1.92. The Kier molecular flexibility index (Phi) is 2.71. The lowest BCUT2D eigenvalue weighted by Gasteiger charge is -2.06. The van der Waals surface area contributed by atoms with Gasteiger partial charge in [-0.05, 0) is 53.5 Å². The van der Waals surface area contributed by atoms with E-state index in [1.807, 2.05) is 6.20 Å². The molecule has 0 bridgehead atoms. The number of hydrogen-bond donors (Lipinski definition) is 0. The van der Waals surface area contributed by atoms with Crippen LogP contribution in [0.15, 0.2) is 36.7 Å². The van der Waals surface area contributed by atoms with Gasteiger partial charge in [-0.1, -0.05) is 12.1 Å². The minimum atomic E-state index is 0.886. The summed E-state index contributed by atoms with van der Waals surface area (Å²) >= 11 is 2.33. The van der Waals surface area contributed by atoms with E-state index in [4.69, 9.17) is 0 Å². The van der Waals surface area contributed by atoms with Gasteiger partial charge in [0, 0.05) is 28.1 Å². The third kappa shape index (κ3) is 2.14. The van der Waals surface area contributed by atoms with Crippen molar-refractivity contribution in [3.63, 3.8) is 0 Å². The number of halogens is 1. The van der Waals surface area contributed by atoms with Gasteiger partial charge < -0.3 is 4.57 Å². The van der Waals surface area contributed by atoms with Gasteiger partial charge in [-0.15, -0.1) is 0 Å². The molecule has 0 spiro atoms. The average Bonchev–Trinajstić information content (AvgIpc) is 2.97. The van der Waals surface area contributed by atoms with Gasteiger partial charge in [0.1, 0.15) is 5.82 Å². The first kappa shape index (κ1) is 10.3. The number of hydrogen-bond acceptors (Lipinski definition) is 1. The fraction of sp³-hybridized carbons (Fsp3) is 0.308. The Hall–Kier alpha value is -0.840. The Morgan fingerprint density at radius 3 is 2.69 bits per heavy atom. The Morgan fingerprint density at radius 2 is 2.00 bits per heavy atom. The summed E-state index contributed by atoms with van der Waals surface area (Å²) in [5, 5.41) is 0. The molecule has 0 aliphatic heterocycles. The van der Waals surface area contributed by atoms with Gasteiger partial charge in [0.05, 0.1) is 0 Å². The van der Waals surface area contributed by atoms with Gasteiger partial charge in [0.15, 0.2) is 0 Å². The summed E-state index contributed by atoms with van der Waals surface area (Å²) in [5.41, 5.74) is 1.21. The first-order valence-corrected chi connectivity index (χ1v) is 6.68. The summed E-state index contributed by atoms with van der Waals surface area (Å²) < 4.78 is 3.54. The second-order valence-electron chi connectivity index (χ2n) is 4.35. The molecule has 1 aliphatic carbocycles. The Labute approximate surface area is 109 Å². The minimum Gasteiger partial charge on any atom is -0.331 e. The molecule has 0 radical (unpaired) electrons. The van der Waals surface area contributed by atoms with Crippen LogP contribution in [0.5, 0.6) is 0 Å². The van der Waals surface area contributed by atoms with E-state index >= 15 is 0 Å². The molecule has 0 saturated heterocycles. The highest BCUT2D eigenvalue weighted by molar-refractivity contribution is 14.1. The molecule has 16 heavy (non-hydrogen) atoms. The average molecular weight is 324 g/mol. The smallest absolute Gasteiger partial charge is 0.139 e. The van der Waals surface area contributed by atoms with E-state index in [0.29, 0.717) is 0 Å². The van der Waals surface area contributed by atoms with Crippen molar-refractivity contribution in [2.75, 3.05) is 0 Å². The second kappa shape index (κ2) is 4.20. The molecular weight excluding hydrogens is 311 g/mol. The van der Waals surface area contributed by atoms with Crippen LogP contribution in [-0.4, -0.2) is 9.55 Å². The van der Waals surface area contributed by atoms with E-state index in [1.165, 1.54) is 22.0 Å². The summed E-state index contributed by atoms with van der Waals surface area (Å²) in [5.74, 6) is 1.99. The summed E-state index contributed by atoms with van der Waals surface area (Å²) in [6, 6.07) is 8.55. The number of aromatic nitrogens is 2. The summed E-state index contributed by atoms with van der Waals surface area (Å²) in [6.45, 7) is 1.13. The molecule has 2 nitrogen and oxygen atoms in total. The van der Waals surface area contributed by atoms with Gasteiger partial charge in [-0.2, -0.15) is 0 Å². The second-order valence-corrected chi connectivity index (χ2v) is 5.60. The molecule has 3 heteroatoms. The van der Waals surface area contributed by atoms with Crippen molar-refractivity contribution in [1.82, 2.24) is 9.55 Å². The molecular formula is C13H13IN2. The maximum atomic E-state index is 4.46. The maximum absolute atomic E-state index is 4.46. The largest absolute Gasteiger partial charge is 0.331 e. The van der Waals surface area contributed by atoms with Crippen molar-refractivity contribution in [3.8, 4) is 11.4 Å². The van der Waals surface area contributed by atoms with Crippen molar-refractivity contribution in [2.24, 2.45) is 5.92 Å². The van der Waals surface area contributed by atoms with Gasteiger partial charge >= 0.3 is 0 Å². The van der Waals surface area contributed by atoms with Crippen LogP contribution in [0.1, 0.15) is 12.8 Å². The van der Waals surface area contributed by atoms with Crippen LogP contribution in [0.25, 0.3) is 11.4 Å². The van der Waals surface area contributed by atoms with Crippen LogP contribution < -0.4 is 0 Å². The maximum Gasteiger partial charge on any atom is 0.139 e. The molecule has 0 amide bonds. The van der Waals surface area contributed by atoms with E-state index in [-0.39, 0.29) is 0 Å². The molecule has 3 rings (SSSR count). The lowest BCUT2D eigenvalue weighted by Crippen LogP contribution is -2.00. The summed E-state index contributed by atoms with van der Waals surface area (Å²) in [7, 11) is 0. The third-order valence-corrected chi connectivity index (χ3v) is 3.69. The van der Waals surface area contributed by atoms with Crippen LogP contribution in [0.4, 0.5) is 0 Å². The molecule has 82 valence electrons. The summed E-state index contributed by atoms with van der Waals surface area (Å²) in [4.78, 5) is 4.46. The number of imidazole rings is 1. The number of rotatable bonds is 3. The molecule has 0 atom stereocenters. The zero-order valence-electron chi connectivity index (χ0n) is 8.94. The lowest BCUT2D eigenvalue weighted by molar-refractivity contribution is 0.632. The van der Waals surface area contributed by atoms with Crippen LogP contribution in [0.3, 0.4) is 0 Å². The normalized spacial score (nSPS) is 15.3. The van der Waals surface area contributed by atoms with Crippen molar-refractivity contribution in [3.05, 3.63) is 40.2 Å². The van der Waals surface area contributed by atoms with Crippen LogP contribution >= 0.6 is 22.6 Å². The minimum absolute atomic E-state index is 0.886. The van der Waals surface area contributed by atoms with Crippen molar-refractivity contribution in [1.29, 1.82) is 0 Å². The Bertz CT molecular complexity index is 483. The highest BCUT2D eigenvalue weighted by Crippen LogP contribution is 2.32. The van der Waals surface area contributed by atoms with Crippen LogP contribution in [-0.2, 0) is 6.54 Å². The van der Waals surface area contributed by atoms with E-state index in [2.05, 4.69) is 62.6 Å². The van der Waals surface area contributed by atoms with Gasteiger partial charge in [0.2, 0.25) is 0 Å². The SMILES string of the molecule is Ic1ccc(-c2nccn2CC2CC2)cc1. The van der Waals surface area contributed by atoms with Crippen LogP contribution in [0, 0.1) is 9.49 Å². The molecule has 1 fully saturated rings. The fourth-order valence-corrected chi connectivity index (χ4v) is 2.25. The molecule has 0 N–H and O–H groups in total. The molecule has 1 aliphatic rings. The highest BCUT2D eigenvalue weighted by atomic mass is 127. The highest BCUT2D eigenvalue weighted by Gasteiger charge is 2.22. The molecule has 2 aromatic rings. The van der Waals surface area contributed by atoms with E-state index in [1.54, 1.807) is 0 Å². The molecule has 1 saturated carbocycles. The van der Waals surface area contributed by atoms with Crippen molar-refractivity contribution < 1.29 is 0 Å². The topological polar surface area (TPSA) is 17.8 Å². The quantitative estimate of drug-likeness (QED) is 0.790. The van der Waals surface area contributed by atoms with Crippen LogP contribution in [0.2, 0.25) is 0 Å². The standard InChI is InChI=1S/C13H13IN2/c14-12-5-3-11(4-6-12)13-15-7-8-16(13)9-10-1-2-10/h3-8,10H,1-2,9H2. The zero-order chi connectivity index (χ0) is 11.0. The molecule has 1 heterocycles. The molecule has 1 aromatic heterocycles. The van der Waals surface area contributed by atoms with Crippen molar-refractivity contribution >= 4 is 22.6 Å². The van der Waals surface area contributed by atoms with E-state index in [9.17, 15) is 0 Å².